The number of aliphatic hydroxyl groups is 1. The molecule has 1 heterocycles. The van der Waals surface area contributed by atoms with Gasteiger partial charge in [0.05, 0.1) is 6.61 Å². The van der Waals surface area contributed by atoms with E-state index in [1.54, 1.807) is 0 Å². The average molecular weight is 219 g/mol. The number of hydrogen-bond acceptors (Lipinski definition) is 2. The minimum Gasteiger partial charge on any atom is -0.392 e. The highest BCUT2D eigenvalue weighted by Gasteiger charge is 2.21. The molecule has 1 saturated heterocycles. The SMILES string of the molecule is CCCC1CCN(c2ccc(CO)cc2)C1. The largest absolute Gasteiger partial charge is 0.392 e. The molecule has 1 aromatic rings. The van der Waals surface area contributed by atoms with Gasteiger partial charge in [-0.05, 0) is 36.5 Å². The summed E-state index contributed by atoms with van der Waals surface area (Å²) in [5.74, 6) is 0.877. The zero-order chi connectivity index (χ0) is 11.4. The molecule has 16 heavy (non-hydrogen) atoms. The molecule has 1 atom stereocenters. The molecule has 2 nitrogen and oxygen atoms in total. The standard InChI is InChI=1S/C14H21NO/c1-2-3-12-8-9-15(10-12)14-6-4-13(11-16)5-7-14/h4-7,12,16H,2-3,8-11H2,1H3. The molecule has 88 valence electrons. The van der Waals surface area contributed by atoms with E-state index in [0.29, 0.717) is 0 Å². The Morgan fingerprint density at radius 3 is 2.69 bits per heavy atom. The van der Waals surface area contributed by atoms with E-state index in [4.69, 9.17) is 5.11 Å². The van der Waals surface area contributed by atoms with Crippen molar-refractivity contribution in [2.45, 2.75) is 32.8 Å². The van der Waals surface area contributed by atoms with Crippen LogP contribution in [0.25, 0.3) is 0 Å². The van der Waals surface area contributed by atoms with Crippen LogP contribution in [0, 0.1) is 5.92 Å². The van der Waals surface area contributed by atoms with Crippen LogP contribution in [0.1, 0.15) is 31.7 Å². The Balaban J connectivity index is 1.97. The summed E-state index contributed by atoms with van der Waals surface area (Å²) < 4.78 is 0. The van der Waals surface area contributed by atoms with Crippen LogP contribution in [0.5, 0.6) is 0 Å². The van der Waals surface area contributed by atoms with Crippen LogP contribution in [0.2, 0.25) is 0 Å². The van der Waals surface area contributed by atoms with Crippen LogP contribution in [0.15, 0.2) is 24.3 Å². The maximum atomic E-state index is 8.99. The van der Waals surface area contributed by atoms with Gasteiger partial charge in [0, 0.05) is 18.8 Å². The van der Waals surface area contributed by atoms with Crippen molar-refractivity contribution in [3.63, 3.8) is 0 Å². The third-order valence-corrected chi connectivity index (χ3v) is 3.47. The lowest BCUT2D eigenvalue weighted by atomic mass is 10.0. The van der Waals surface area contributed by atoms with Crippen LogP contribution < -0.4 is 4.90 Å². The van der Waals surface area contributed by atoms with Crippen LogP contribution in [0.4, 0.5) is 5.69 Å². The van der Waals surface area contributed by atoms with Crippen molar-refractivity contribution in [3.05, 3.63) is 29.8 Å². The second-order valence-electron chi connectivity index (χ2n) is 4.71. The van der Waals surface area contributed by atoms with Gasteiger partial charge in [-0.25, -0.2) is 0 Å². The van der Waals surface area contributed by atoms with Crippen molar-refractivity contribution in [1.82, 2.24) is 0 Å². The van der Waals surface area contributed by atoms with E-state index in [0.717, 1.165) is 11.5 Å². The Kier molecular flexibility index (Phi) is 3.83. The molecule has 1 N–H and O–H groups in total. The highest BCUT2D eigenvalue weighted by Crippen LogP contribution is 2.26. The predicted octanol–water partition coefficient (Wildman–Crippen LogP) is 2.81. The van der Waals surface area contributed by atoms with Crippen LogP contribution in [0.3, 0.4) is 0 Å². The summed E-state index contributed by atoms with van der Waals surface area (Å²) in [5, 5.41) is 8.99. The van der Waals surface area contributed by atoms with Gasteiger partial charge in [0.25, 0.3) is 0 Å². The summed E-state index contributed by atoms with van der Waals surface area (Å²) >= 11 is 0. The predicted molar refractivity (Wildman–Crippen MR) is 67.6 cm³/mol. The molecule has 1 unspecified atom stereocenters. The first kappa shape index (κ1) is 11.5. The number of rotatable bonds is 4. The molecule has 0 bridgehead atoms. The fourth-order valence-corrected chi connectivity index (χ4v) is 2.52. The van der Waals surface area contributed by atoms with Gasteiger partial charge in [0.2, 0.25) is 0 Å². The van der Waals surface area contributed by atoms with E-state index in [-0.39, 0.29) is 6.61 Å². The monoisotopic (exact) mass is 219 g/mol. The first-order valence-electron chi connectivity index (χ1n) is 6.28. The number of hydrogen-bond donors (Lipinski definition) is 1. The summed E-state index contributed by atoms with van der Waals surface area (Å²) in [6, 6.07) is 8.28. The smallest absolute Gasteiger partial charge is 0.0681 e. The molecule has 0 amide bonds. The third kappa shape index (κ3) is 2.56. The minimum absolute atomic E-state index is 0.138. The van der Waals surface area contributed by atoms with Gasteiger partial charge in [-0.3, -0.25) is 0 Å². The Labute approximate surface area is 97.9 Å². The molecule has 2 rings (SSSR count). The number of benzene rings is 1. The van der Waals surface area contributed by atoms with Gasteiger partial charge >= 0.3 is 0 Å². The first-order chi connectivity index (χ1) is 7.83. The first-order valence-corrected chi connectivity index (χ1v) is 6.28. The van der Waals surface area contributed by atoms with E-state index < -0.39 is 0 Å². The highest BCUT2D eigenvalue weighted by atomic mass is 16.3. The van der Waals surface area contributed by atoms with Crippen LogP contribution in [-0.2, 0) is 6.61 Å². The van der Waals surface area contributed by atoms with Crippen molar-refractivity contribution in [2.75, 3.05) is 18.0 Å². The summed E-state index contributed by atoms with van der Waals surface area (Å²) in [4.78, 5) is 2.46. The molecule has 1 fully saturated rings. The van der Waals surface area contributed by atoms with E-state index in [2.05, 4.69) is 24.0 Å². The van der Waals surface area contributed by atoms with Crippen LogP contribution in [-0.4, -0.2) is 18.2 Å². The van der Waals surface area contributed by atoms with Crippen LogP contribution >= 0.6 is 0 Å². The maximum Gasteiger partial charge on any atom is 0.0681 e. The normalized spacial score (nSPS) is 20.4. The molecule has 1 aliphatic rings. The van der Waals surface area contributed by atoms with Crippen molar-refractivity contribution < 1.29 is 5.11 Å². The highest BCUT2D eigenvalue weighted by molar-refractivity contribution is 5.48. The number of nitrogens with zero attached hydrogens (tertiary/aromatic N) is 1. The molecule has 0 saturated carbocycles. The molecule has 1 aliphatic heterocycles. The summed E-state index contributed by atoms with van der Waals surface area (Å²) in [5.41, 5.74) is 2.30. The van der Waals surface area contributed by atoms with Gasteiger partial charge in [-0.1, -0.05) is 25.5 Å². The molecule has 0 spiro atoms. The zero-order valence-electron chi connectivity index (χ0n) is 10.0. The summed E-state index contributed by atoms with van der Waals surface area (Å²) in [7, 11) is 0. The quantitative estimate of drug-likeness (QED) is 0.841. The third-order valence-electron chi connectivity index (χ3n) is 3.47. The van der Waals surface area contributed by atoms with E-state index >= 15 is 0 Å². The molecular formula is C14H21NO. The Hall–Kier alpha value is -1.02. The van der Waals surface area contributed by atoms with Crippen molar-refractivity contribution in [2.24, 2.45) is 5.92 Å². The topological polar surface area (TPSA) is 23.5 Å². The molecule has 1 aromatic carbocycles. The van der Waals surface area contributed by atoms with Gasteiger partial charge in [-0.2, -0.15) is 0 Å². The van der Waals surface area contributed by atoms with Gasteiger partial charge in [0.15, 0.2) is 0 Å². The van der Waals surface area contributed by atoms with Gasteiger partial charge in [0.1, 0.15) is 0 Å². The van der Waals surface area contributed by atoms with E-state index in [1.165, 1.54) is 38.0 Å². The Bertz CT molecular complexity index is 320. The molecular weight excluding hydrogens is 198 g/mol. The van der Waals surface area contributed by atoms with E-state index in [1.807, 2.05) is 12.1 Å². The molecule has 0 radical (unpaired) electrons. The second kappa shape index (κ2) is 5.35. The number of aliphatic hydroxyl groups excluding tert-OH is 1. The van der Waals surface area contributed by atoms with Crippen molar-refractivity contribution in [3.8, 4) is 0 Å². The lowest BCUT2D eigenvalue weighted by Crippen LogP contribution is -2.19. The second-order valence-corrected chi connectivity index (χ2v) is 4.71. The fraction of sp³-hybridized carbons (Fsp3) is 0.571. The lowest BCUT2D eigenvalue weighted by molar-refractivity contribution is 0.282. The Morgan fingerprint density at radius 2 is 2.06 bits per heavy atom. The van der Waals surface area contributed by atoms with Gasteiger partial charge < -0.3 is 10.0 Å². The van der Waals surface area contributed by atoms with Crippen molar-refractivity contribution in [1.29, 1.82) is 0 Å². The van der Waals surface area contributed by atoms with E-state index in [9.17, 15) is 0 Å². The average Bonchev–Trinajstić information content (AvgIpc) is 2.78. The summed E-state index contributed by atoms with van der Waals surface area (Å²) in [6.45, 7) is 4.78. The molecule has 0 aliphatic carbocycles. The Morgan fingerprint density at radius 1 is 1.31 bits per heavy atom. The lowest BCUT2D eigenvalue weighted by Gasteiger charge is -2.18. The maximum absolute atomic E-state index is 8.99. The fourth-order valence-electron chi connectivity index (χ4n) is 2.52. The zero-order valence-corrected chi connectivity index (χ0v) is 10.0. The molecule has 0 aromatic heterocycles. The van der Waals surface area contributed by atoms with Gasteiger partial charge in [-0.15, -0.1) is 0 Å². The summed E-state index contributed by atoms with van der Waals surface area (Å²) in [6.07, 6.45) is 3.97. The molecule has 2 heteroatoms. The number of anilines is 1. The minimum atomic E-state index is 0.138. The van der Waals surface area contributed by atoms with Crippen molar-refractivity contribution >= 4 is 5.69 Å².